The van der Waals surface area contributed by atoms with Gasteiger partial charge in [-0.25, -0.2) is 4.98 Å². The van der Waals surface area contributed by atoms with E-state index in [4.69, 9.17) is 9.47 Å². The summed E-state index contributed by atoms with van der Waals surface area (Å²) in [6, 6.07) is 11.0. The van der Waals surface area contributed by atoms with Gasteiger partial charge in [-0.1, -0.05) is 29.8 Å². The number of thiazole rings is 1. The molecule has 0 fully saturated rings. The summed E-state index contributed by atoms with van der Waals surface area (Å²) in [7, 11) is 2.89. The normalized spacial score (nSPS) is 10.6. The van der Waals surface area contributed by atoms with Crippen LogP contribution in [-0.4, -0.2) is 36.6 Å². The van der Waals surface area contributed by atoms with Gasteiger partial charge in [0.2, 0.25) is 5.91 Å². The molecule has 2 aromatic carbocycles. The summed E-state index contributed by atoms with van der Waals surface area (Å²) in [5.41, 5.74) is 3.34. The summed E-state index contributed by atoms with van der Waals surface area (Å²) < 4.78 is 10.4. The number of carbonyl (C=O) groups excluding carboxylic acids is 1. The smallest absolute Gasteiger partial charge is 0.276 e. The lowest BCUT2D eigenvalue weighted by atomic mass is 10.1. The zero-order valence-corrected chi connectivity index (χ0v) is 19.2. The second-order valence-electron chi connectivity index (χ2n) is 7.24. The first kappa shape index (κ1) is 23.2. The number of nitro benzene ring substituents is 1. The molecule has 0 aliphatic rings. The molecule has 0 aliphatic carbocycles. The predicted octanol–water partition coefficient (Wildman–Crippen LogP) is 4.25. The lowest BCUT2D eigenvalue weighted by Gasteiger charge is -2.11. The zero-order valence-electron chi connectivity index (χ0n) is 18.4. The van der Waals surface area contributed by atoms with E-state index in [0.29, 0.717) is 11.3 Å². The quantitative estimate of drug-likeness (QED) is 0.382. The number of hydrogen-bond donors (Lipinski definition) is 1. The molecule has 1 heterocycles. The Bertz CT molecular complexity index is 1130. The number of nitro groups is 1. The molecule has 168 valence electrons. The second kappa shape index (κ2) is 10.2. The fourth-order valence-electron chi connectivity index (χ4n) is 3.35. The van der Waals surface area contributed by atoms with Crippen LogP contribution in [0.25, 0.3) is 11.3 Å². The molecule has 9 heteroatoms. The third-order valence-corrected chi connectivity index (χ3v) is 5.92. The highest BCUT2D eigenvalue weighted by Gasteiger charge is 2.20. The molecule has 1 N–H and O–H groups in total. The molecule has 0 unspecified atom stereocenters. The number of nitrogens with one attached hydrogen (secondary N) is 1. The van der Waals surface area contributed by atoms with Gasteiger partial charge in [0.05, 0.1) is 42.3 Å². The summed E-state index contributed by atoms with van der Waals surface area (Å²) in [5, 5.41) is 15.2. The van der Waals surface area contributed by atoms with Crippen molar-refractivity contribution in [2.24, 2.45) is 0 Å². The van der Waals surface area contributed by atoms with Gasteiger partial charge < -0.3 is 14.8 Å². The summed E-state index contributed by atoms with van der Waals surface area (Å²) in [4.78, 5) is 29.0. The molecule has 8 nitrogen and oxygen atoms in total. The fourth-order valence-corrected chi connectivity index (χ4v) is 4.31. The maximum atomic E-state index is 12.6. The highest BCUT2D eigenvalue weighted by molar-refractivity contribution is 7.12. The van der Waals surface area contributed by atoms with Gasteiger partial charge in [0.15, 0.2) is 11.5 Å². The molecule has 0 atom stereocenters. The second-order valence-corrected chi connectivity index (χ2v) is 8.53. The summed E-state index contributed by atoms with van der Waals surface area (Å²) >= 11 is 1.50. The number of carbonyl (C=O) groups is 1. The van der Waals surface area contributed by atoms with E-state index >= 15 is 0 Å². The van der Waals surface area contributed by atoms with Crippen molar-refractivity contribution >= 4 is 22.9 Å². The van der Waals surface area contributed by atoms with Crippen molar-refractivity contribution in [2.45, 2.75) is 26.7 Å². The van der Waals surface area contributed by atoms with E-state index in [1.807, 2.05) is 38.1 Å². The van der Waals surface area contributed by atoms with Gasteiger partial charge in [-0.2, -0.15) is 0 Å². The van der Waals surface area contributed by atoms with Crippen molar-refractivity contribution in [3.63, 3.8) is 0 Å². The van der Waals surface area contributed by atoms with Crippen LogP contribution in [0.1, 0.15) is 21.0 Å². The number of nitrogens with zero attached hydrogens (tertiary/aromatic N) is 2. The molecule has 0 radical (unpaired) electrons. The molecule has 0 saturated carbocycles. The number of rotatable bonds is 9. The molecule has 3 rings (SSSR count). The standard InChI is InChI=1S/C23H25N3O5S/c1-14-5-7-16(8-6-14)23-21(32-15(2)25-23)13-22(27)24-10-9-17-11-19(30-3)20(31-4)12-18(17)26(28)29/h5-8,11-12H,9-10,13H2,1-4H3,(H,24,27). The van der Waals surface area contributed by atoms with Gasteiger partial charge in [0.1, 0.15) is 0 Å². The van der Waals surface area contributed by atoms with Gasteiger partial charge in [0, 0.05) is 22.5 Å². The first-order valence-corrected chi connectivity index (χ1v) is 10.8. The average molecular weight is 456 g/mol. The van der Waals surface area contributed by atoms with Crippen LogP contribution in [0.4, 0.5) is 5.69 Å². The number of ether oxygens (including phenoxy) is 2. The van der Waals surface area contributed by atoms with Crippen LogP contribution >= 0.6 is 11.3 Å². The lowest BCUT2D eigenvalue weighted by Crippen LogP contribution is -2.27. The summed E-state index contributed by atoms with van der Waals surface area (Å²) in [5.74, 6) is 0.531. The Morgan fingerprint density at radius 3 is 2.41 bits per heavy atom. The van der Waals surface area contributed by atoms with Gasteiger partial charge in [-0.05, 0) is 26.3 Å². The number of aryl methyl sites for hydroxylation is 2. The van der Waals surface area contributed by atoms with Crippen LogP contribution < -0.4 is 14.8 Å². The third-order valence-electron chi connectivity index (χ3n) is 4.95. The topological polar surface area (TPSA) is 104 Å². The molecule has 0 spiro atoms. The minimum Gasteiger partial charge on any atom is -0.493 e. The van der Waals surface area contributed by atoms with Gasteiger partial charge >= 0.3 is 0 Å². The van der Waals surface area contributed by atoms with E-state index in [9.17, 15) is 14.9 Å². The predicted molar refractivity (Wildman–Crippen MR) is 124 cm³/mol. The van der Waals surface area contributed by atoms with E-state index < -0.39 is 4.92 Å². The molecule has 0 saturated heterocycles. The van der Waals surface area contributed by atoms with Crippen molar-refractivity contribution in [3.8, 4) is 22.8 Å². The number of benzene rings is 2. The number of methoxy groups -OCH3 is 2. The molecule has 1 aromatic heterocycles. The minimum absolute atomic E-state index is 0.0726. The van der Waals surface area contributed by atoms with Crippen molar-refractivity contribution in [1.29, 1.82) is 0 Å². The average Bonchev–Trinajstić information content (AvgIpc) is 3.13. The Hall–Kier alpha value is -3.46. The maximum absolute atomic E-state index is 12.6. The molecule has 1 amide bonds. The van der Waals surface area contributed by atoms with Gasteiger partial charge in [0.25, 0.3) is 5.69 Å². The Balaban J connectivity index is 1.68. The molecule has 0 bridgehead atoms. The van der Waals surface area contributed by atoms with Crippen LogP contribution in [0.15, 0.2) is 36.4 Å². The molecule has 0 aliphatic heterocycles. The maximum Gasteiger partial charge on any atom is 0.276 e. The highest BCUT2D eigenvalue weighted by Crippen LogP contribution is 2.34. The zero-order chi connectivity index (χ0) is 23.3. The first-order chi connectivity index (χ1) is 15.3. The van der Waals surface area contributed by atoms with E-state index in [-0.39, 0.29) is 36.7 Å². The minimum atomic E-state index is -0.465. The van der Waals surface area contributed by atoms with Crippen molar-refractivity contribution < 1.29 is 19.2 Å². The molecular weight excluding hydrogens is 430 g/mol. The largest absolute Gasteiger partial charge is 0.493 e. The van der Waals surface area contributed by atoms with Crippen molar-refractivity contribution in [2.75, 3.05) is 20.8 Å². The van der Waals surface area contributed by atoms with Crippen LogP contribution in [0.3, 0.4) is 0 Å². The highest BCUT2D eigenvalue weighted by atomic mass is 32.1. The first-order valence-electron chi connectivity index (χ1n) is 10.0. The SMILES string of the molecule is COc1cc(CCNC(=O)Cc2sc(C)nc2-c2ccc(C)cc2)c([N+](=O)[O-])cc1OC. The number of amides is 1. The Labute approximate surface area is 190 Å². The van der Waals surface area contributed by atoms with Crippen LogP contribution in [0.5, 0.6) is 11.5 Å². The Morgan fingerprint density at radius 2 is 1.78 bits per heavy atom. The van der Waals surface area contributed by atoms with Crippen molar-refractivity contribution in [1.82, 2.24) is 10.3 Å². The van der Waals surface area contributed by atoms with E-state index in [1.165, 1.54) is 31.6 Å². The van der Waals surface area contributed by atoms with E-state index in [1.54, 1.807) is 6.07 Å². The van der Waals surface area contributed by atoms with Gasteiger partial charge in [-0.3, -0.25) is 14.9 Å². The Morgan fingerprint density at radius 1 is 1.12 bits per heavy atom. The van der Waals surface area contributed by atoms with E-state index in [2.05, 4.69) is 10.3 Å². The van der Waals surface area contributed by atoms with Gasteiger partial charge in [-0.15, -0.1) is 11.3 Å². The lowest BCUT2D eigenvalue weighted by molar-refractivity contribution is -0.385. The van der Waals surface area contributed by atoms with Crippen LogP contribution in [0.2, 0.25) is 0 Å². The fraction of sp³-hybridized carbons (Fsp3) is 0.304. The summed E-state index contributed by atoms with van der Waals surface area (Å²) in [6.07, 6.45) is 0.484. The van der Waals surface area contributed by atoms with Crippen LogP contribution in [0, 0.1) is 24.0 Å². The molecule has 3 aromatic rings. The number of aromatic nitrogens is 1. The monoisotopic (exact) mass is 455 g/mol. The number of hydrogen-bond acceptors (Lipinski definition) is 7. The van der Waals surface area contributed by atoms with Crippen molar-refractivity contribution in [3.05, 3.63) is 67.5 Å². The summed E-state index contributed by atoms with van der Waals surface area (Å²) in [6.45, 7) is 4.19. The third kappa shape index (κ3) is 5.42. The Kier molecular flexibility index (Phi) is 7.42. The van der Waals surface area contributed by atoms with E-state index in [0.717, 1.165) is 26.7 Å². The molecule has 32 heavy (non-hydrogen) atoms. The molecular formula is C23H25N3O5S. The van der Waals surface area contributed by atoms with Crippen LogP contribution in [-0.2, 0) is 17.6 Å².